The van der Waals surface area contributed by atoms with Crippen molar-refractivity contribution < 1.29 is 4.74 Å². The quantitative estimate of drug-likeness (QED) is 0.829. The van der Waals surface area contributed by atoms with E-state index in [1.165, 1.54) is 24.8 Å². The Morgan fingerprint density at radius 3 is 2.55 bits per heavy atom. The van der Waals surface area contributed by atoms with Crippen LogP contribution >= 0.6 is 11.6 Å². The van der Waals surface area contributed by atoms with Gasteiger partial charge in [0, 0.05) is 0 Å². The van der Waals surface area contributed by atoms with Crippen molar-refractivity contribution in [3.05, 3.63) is 41.2 Å². The number of aromatic nitrogens is 2. The lowest BCUT2D eigenvalue weighted by atomic mass is 9.98. The van der Waals surface area contributed by atoms with E-state index in [4.69, 9.17) is 16.3 Å². The molecule has 4 heteroatoms. The summed E-state index contributed by atoms with van der Waals surface area (Å²) in [5.41, 5.74) is 2.18. The first-order chi connectivity index (χ1) is 9.74. The molecule has 3 rings (SSSR count). The van der Waals surface area contributed by atoms with Gasteiger partial charge in [-0.15, -0.1) is 0 Å². The Morgan fingerprint density at radius 1 is 1.15 bits per heavy atom. The summed E-state index contributed by atoms with van der Waals surface area (Å²) in [5.74, 6) is 0.694. The maximum Gasteiger partial charge on any atom is 0.177 e. The largest absolute Gasteiger partial charge is 0.485 e. The SMILES string of the molecule is Cc1ccc(-n2ncc(OC3CCCCC3)c2Cl)cc1. The van der Waals surface area contributed by atoms with Crippen LogP contribution in [-0.4, -0.2) is 15.9 Å². The number of hydrogen-bond donors (Lipinski definition) is 0. The Labute approximate surface area is 124 Å². The number of hydrogen-bond acceptors (Lipinski definition) is 2. The van der Waals surface area contributed by atoms with Crippen LogP contribution in [0.25, 0.3) is 5.69 Å². The highest BCUT2D eigenvalue weighted by Gasteiger charge is 2.18. The Balaban J connectivity index is 1.79. The molecular weight excluding hydrogens is 272 g/mol. The lowest BCUT2D eigenvalue weighted by Gasteiger charge is -2.22. The van der Waals surface area contributed by atoms with Gasteiger partial charge in [-0.3, -0.25) is 0 Å². The topological polar surface area (TPSA) is 27.1 Å². The second-order valence-electron chi connectivity index (χ2n) is 5.42. The zero-order valence-electron chi connectivity index (χ0n) is 11.7. The fraction of sp³-hybridized carbons (Fsp3) is 0.438. The van der Waals surface area contributed by atoms with E-state index >= 15 is 0 Å². The minimum absolute atomic E-state index is 0.289. The van der Waals surface area contributed by atoms with Gasteiger partial charge in [-0.05, 0) is 44.7 Å². The molecule has 0 bridgehead atoms. The van der Waals surface area contributed by atoms with E-state index in [1.54, 1.807) is 10.9 Å². The highest BCUT2D eigenvalue weighted by atomic mass is 35.5. The number of aryl methyl sites for hydroxylation is 1. The van der Waals surface area contributed by atoms with Crippen LogP contribution in [0.15, 0.2) is 30.5 Å². The van der Waals surface area contributed by atoms with Gasteiger partial charge in [-0.25, -0.2) is 4.68 Å². The molecule has 0 radical (unpaired) electrons. The second kappa shape index (κ2) is 5.88. The molecule has 20 heavy (non-hydrogen) atoms. The fourth-order valence-corrected chi connectivity index (χ4v) is 2.86. The third-order valence-corrected chi connectivity index (χ3v) is 4.15. The molecule has 3 nitrogen and oxygen atoms in total. The highest BCUT2D eigenvalue weighted by Crippen LogP contribution is 2.30. The second-order valence-corrected chi connectivity index (χ2v) is 5.78. The van der Waals surface area contributed by atoms with Crippen molar-refractivity contribution in [1.29, 1.82) is 0 Å². The molecule has 0 aliphatic heterocycles. The number of halogens is 1. The molecule has 1 aromatic carbocycles. The summed E-state index contributed by atoms with van der Waals surface area (Å²) >= 11 is 6.39. The molecule has 0 atom stereocenters. The molecular formula is C16H19ClN2O. The monoisotopic (exact) mass is 290 g/mol. The van der Waals surface area contributed by atoms with Gasteiger partial charge in [-0.1, -0.05) is 35.7 Å². The Morgan fingerprint density at radius 2 is 1.85 bits per heavy atom. The summed E-state index contributed by atoms with van der Waals surface area (Å²) in [6, 6.07) is 8.13. The van der Waals surface area contributed by atoms with E-state index in [-0.39, 0.29) is 6.10 Å². The van der Waals surface area contributed by atoms with E-state index in [0.717, 1.165) is 18.5 Å². The van der Waals surface area contributed by atoms with Crippen LogP contribution in [0.1, 0.15) is 37.7 Å². The Kier molecular flexibility index (Phi) is 3.97. The molecule has 1 heterocycles. The van der Waals surface area contributed by atoms with Crippen LogP contribution in [-0.2, 0) is 0 Å². The fourth-order valence-electron chi connectivity index (χ4n) is 2.63. The molecule has 106 valence electrons. The van der Waals surface area contributed by atoms with Crippen molar-refractivity contribution in [3.63, 3.8) is 0 Å². The highest BCUT2D eigenvalue weighted by molar-refractivity contribution is 6.31. The van der Waals surface area contributed by atoms with E-state index < -0.39 is 0 Å². The number of ether oxygens (including phenoxy) is 1. The standard InChI is InChI=1S/C16H19ClN2O/c1-12-7-9-13(10-8-12)19-16(17)15(11-18-19)20-14-5-3-2-4-6-14/h7-11,14H,2-6H2,1H3. The Hall–Kier alpha value is -1.48. The van der Waals surface area contributed by atoms with Gasteiger partial charge in [0.25, 0.3) is 0 Å². The van der Waals surface area contributed by atoms with Gasteiger partial charge < -0.3 is 4.74 Å². The van der Waals surface area contributed by atoms with E-state index in [0.29, 0.717) is 10.9 Å². The maximum absolute atomic E-state index is 6.39. The molecule has 0 unspecified atom stereocenters. The number of rotatable bonds is 3. The van der Waals surface area contributed by atoms with Crippen molar-refractivity contribution in [2.75, 3.05) is 0 Å². The van der Waals surface area contributed by atoms with Crippen LogP contribution in [0.3, 0.4) is 0 Å². The molecule has 0 amide bonds. The van der Waals surface area contributed by atoms with Crippen LogP contribution < -0.4 is 4.74 Å². The van der Waals surface area contributed by atoms with Crippen LogP contribution in [0.5, 0.6) is 5.75 Å². The summed E-state index contributed by atoms with van der Waals surface area (Å²) in [7, 11) is 0. The average Bonchev–Trinajstić information content (AvgIpc) is 2.83. The van der Waals surface area contributed by atoms with E-state index in [2.05, 4.69) is 24.2 Å². The minimum atomic E-state index is 0.289. The van der Waals surface area contributed by atoms with Gasteiger partial charge in [-0.2, -0.15) is 5.10 Å². The summed E-state index contributed by atoms with van der Waals surface area (Å²) in [6.45, 7) is 2.06. The van der Waals surface area contributed by atoms with Gasteiger partial charge in [0.05, 0.1) is 18.0 Å². The van der Waals surface area contributed by atoms with E-state index in [1.807, 2.05) is 12.1 Å². The lowest BCUT2D eigenvalue weighted by molar-refractivity contribution is 0.155. The van der Waals surface area contributed by atoms with Crippen LogP contribution in [0.2, 0.25) is 5.15 Å². The average molecular weight is 291 g/mol. The smallest absolute Gasteiger partial charge is 0.177 e. The summed E-state index contributed by atoms with van der Waals surface area (Å²) < 4.78 is 7.72. The first-order valence-electron chi connectivity index (χ1n) is 7.21. The molecule has 1 fully saturated rings. The van der Waals surface area contributed by atoms with Gasteiger partial charge in [0.15, 0.2) is 10.9 Å². The molecule has 0 saturated heterocycles. The van der Waals surface area contributed by atoms with Crippen molar-refractivity contribution >= 4 is 11.6 Å². The minimum Gasteiger partial charge on any atom is -0.485 e. The molecule has 0 spiro atoms. The summed E-state index contributed by atoms with van der Waals surface area (Å²) in [5, 5.41) is 4.90. The normalized spacial score (nSPS) is 16.3. The summed E-state index contributed by atoms with van der Waals surface area (Å²) in [6.07, 6.45) is 8.05. The Bertz CT molecular complexity index is 571. The van der Waals surface area contributed by atoms with Crippen molar-refractivity contribution in [2.24, 2.45) is 0 Å². The van der Waals surface area contributed by atoms with Crippen molar-refractivity contribution in [1.82, 2.24) is 9.78 Å². The predicted octanol–water partition coefficient (Wildman–Crippen LogP) is 4.55. The maximum atomic E-state index is 6.39. The first kappa shape index (κ1) is 13.5. The number of benzene rings is 1. The first-order valence-corrected chi connectivity index (χ1v) is 7.59. The predicted molar refractivity (Wildman–Crippen MR) is 80.8 cm³/mol. The molecule has 1 aliphatic rings. The molecule has 0 N–H and O–H groups in total. The van der Waals surface area contributed by atoms with Crippen molar-refractivity contribution in [3.8, 4) is 11.4 Å². The van der Waals surface area contributed by atoms with Crippen LogP contribution in [0.4, 0.5) is 0 Å². The lowest BCUT2D eigenvalue weighted by Crippen LogP contribution is -2.19. The van der Waals surface area contributed by atoms with Crippen LogP contribution in [0, 0.1) is 6.92 Å². The molecule has 1 aliphatic carbocycles. The van der Waals surface area contributed by atoms with Gasteiger partial charge in [0.1, 0.15) is 0 Å². The number of nitrogens with zero attached hydrogens (tertiary/aromatic N) is 2. The molecule has 1 aromatic heterocycles. The third kappa shape index (κ3) is 2.83. The molecule has 1 saturated carbocycles. The zero-order chi connectivity index (χ0) is 13.9. The zero-order valence-corrected chi connectivity index (χ0v) is 12.4. The van der Waals surface area contributed by atoms with E-state index in [9.17, 15) is 0 Å². The van der Waals surface area contributed by atoms with Crippen molar-refractivity contribution in [2.45, 2.75) is 45.1 Å². The summed E-state index contributed by atoms with van der Waals surface area (Å²) in [4.78, 5) is 0. The molecule has 2 aromatic rings. The van der Waals surface area contributed by atoms with Gasteiger partial charge in [0.2, 0.25) is 0 Å². The third-order valence-electron chi connectivity index (χ3n) is 3.80. The van der Waals surface area contributed by atoms with Gasteiger partial charge >= 0.3 is 0 Å².